The molecule has 14 heteroatoms. The topological polar surface area (TPSA) is 153 Å². The summed E-state index contributed by atoms with van der Waals surface area (Å²) in [5, 5.41) is 16.6. The number of aromatic nitrogens is 4. The van der Waals surface area contributed by atoms with Crippen LogP contribution in [0.1, 0.15) is 51.3 Å². The molecule has 3 aromatic rings. The molecule has 0 aliphatic heterocycles. The molecular formula is C26H30F3N9O2. The van der Waals surface area contributed by atoms with Crippen LogP contribution in [0.2, 0.25) is 0 Å². The third-order valence-corrected chi connectivity index (χ3v) is 5.80. The van der Waals surface area contributed by atoms with Gasteiger partial charge in [0.2, 0.25) is 0 Å². The molecule has 2 aromatic heterocycles. The number of nitrogens with two attached hydrogens (primary N) is 1. The third kappa shape index (κ3) is 8.99. The molecule has 2 amide bonds. The Bertz CT molecular complexity index is 1380. The molecule has 0 spiro atoms. The van der Waals surface area contributed by atoms with Crippen molar-refractivity contribution >= 4 is 23.7 Å². The van der Waals surface area contributed by atoms with E-state index in [0.717, 1.165) is 35.0 Å². The fourth-order valence-corrected chi connectivity index (χ4v) is 3.56. The van der Waals surface area contributed by atoms with E-state index < -0.39 is 17.6 Å². The number of carbonyl (C=O) groups excluding carboxylic acids is 2. The van der Waals surface area contributed by atoms with Crippen LogP contribution in [0.3, 0.4) is 0 Å². The lowest BCUT2D eigenvalue weighted by molar-refractivity contribution is -0.137. The SMILES string of the molecule is Cc1ccc(C)c(CNC(=O)c2cn(CCCCN=CC(=NN)C(=O)NCc3cc(C(F)(F)F)ccn3)nn2)c1. The second-order valence-corrected chi connectivity index (χ2v) is 8.95. The van der Waals surface area contributed by atoms with Crippen LogP contribution in [0.15, 0.2) is 52.8 Å². The number of amides is 2. The summed E-state index contributed by atoms with van der Waals surface area (Å²) in [5.41, 5.74) is 2.46. The van der Waals surface area contributed by atoms with Crippen LogP contribution in [0, 0.1) is 13.8 Å². The second kappa shape index (κ2) is 14.0. The minimum absolute atomic E-state index is 0.0339. The summed E-state index contributed by atoms with van der Waals surface area (Å²) in [6.45, 7) is 5.01. The van der Waals surface area contributed by atoms with E-state index in [1.807, 2.05) is 32.0 Å². The van der Waals surface area contributed by atoms with Crippen LogP contribution in [-0.2, 0) is 30.6 Å². The van der Waals surface area contributed by atoms with Gasteiger partial charge in [-0.25, -0.2) is 0 Å². The third-order valence-electron chi connectivity index (χ3n) is 5.80. The Hall–Kier alpha value is -4.62. The van der Waals surface area contributed by atoms with Crippen molar-refractivity contribution in [1.82, 2.24) is 30.6 Å². The fourth-order valence-electron chi connectivity index (χ4n) is 3.56. The van der Waals surface area contributed by atoms with Crippen molar-refractivity contribution in [3.8, 4) is 0 Å². The number of aliphatic imine (C=N–C) groups is 1. The molecule has 0 saturated heterocycles. The molecule has 212 valence electrons. The van der Waals surface area contributed by atoms with Crippen molar-refractivity contribution in [2.45, 2.75) is 52.5 Å². The van der Waals surface area contributed by atoms with Gasteiger partial charge in [0.05, 0.1) is 30.2 Å². The normalized spacial score (nSPS) is 12.1. The Morgan fingerprint density at radius 3 is 2.65 bits per heavy atom. The maximum absolute atomic E-state index is 12.8. The molecule has 4 N–H and O–H groups in total. The van der Waals surface area contributed by atoms with Gasteiger partial charge in [-0.05, 0) is 49.9 Å². The number of unbranched alkanes of at least 4 members (excludes halogenated alkanes) is 1. The standard InChI is InChI=1S/C26H30F3N9O2/c1-17-5-6-18(2)19(11-17)13-33-25(40)23-16-38(37-36-23)10-4-3-8-31-15-22(35-30)24(39)34-14-21-12-20(7-9-32-21)26(27,28)29/h5-7,9,11-12,15-16H,3-4,8,10,13-14,30H2,1-2H3,(H,33,40)(H,34,39). The second-order valence-electron chi connectivity index (χ2n) is 8.95. The lowest BCUT2D eigenvalue weighted by Gasteiger charge is -2.08. The van der Waals surface area contributed by atoms with E-state index in [4.69, 9.17) is 5.84 Å². The van der Waals surface area contributed by atoms with Gasteiger partial charge in [0.1, 0.15) is 0 Å². The summed E-state index contributed by atoms with van der Waals surface area (Å²) in [6, 6.07) is 7.76. The molecule has 3 rings (SSSR count). The van der Waals surface area contributed by atoms with E-state index in [-0.39, 0.29) is 29.6 Å². The molecule has 0 fully saturated rings. The number of nitrogens with one attached hydrogen (secondary N) is 2. The quantitative estimate of drug-likeness (QED) is 0.135. The van der Waals surface area contributed by atoms with Crippen molar-refractivity contribution < 1.29 is 22.8 Å². The van der Waals surface area contributed by atoms with Gasteiger partial charge in [-0.3, -0.25) is 24.2 Å². The minimum Gasteiger partial charge on any atom is -0.347 e. The lowest BCUT2D eigenvalue weighted by atomic mass is 10.1. The Labute approximate surface area is 228 Å². The molecule has 0 bridgehead atoms. The molecule has 11 nitrogen and oxygen atoms in total. The molecule has 0 saturated carbocycles. The average molecular weight is 558 g/mol. The maximum Gasteiger partial charge on any atom is 0.416 e. The highest BCUT2D eigenvalue weighted by atomic mass is 19.4. The van der Waals surface area contributed by atoms with Gasteiger partial charge in [-0.1, -0.05) is 29.0 Å². The first-order chi connectivity index (χ1) is 19.1. The monoisotopic (exact) mass is 557 g/mol. The summed E-state index contributed by atoms with van der Waals surface area (Å²) in [5.74, 6) is 4.25. The molecular weight excluding hydrogens is 527 g/mol. The fraction of sp³-hybridized carbons (Fsp3) is 0.346. The summed E-state index contributed by atoms with van der Waals surface area (Å²) < 4.78 is 40.0. The predicted molar refractivity (Wildman–Crippen MR) is 142 cm³/mol. The van der Waals surface area contributed by atoms with Crippen molar-refractivity contribution in [2.75, 3.05) is 6.54 Å². The summed E-state index contributed by atoms with van der Waals surface area (Å²) >= 11 is 0. The van der Waals surface area contributed by atoms with E-state index in [1.54, 1.807) is 10.9 Å². The highest BCUT2D eigenvalue weighted by Crippen LogP contribution is 2.28. The highest BCUT2D eigenvalue weighted by molar-refractivity contribution is 6.60. The van der Waals surface area contributed by atoms with Crippen molar-refractivity contribution in [3.05, 3.63) is 76.4 Å². The number of pyridine rings is 1. The molecule has 0 aliphatic carbocycles. The lowest BCUT2D eigenvalue weighted by Crippen LogP contribution is -2.32. The Kier molecular flexibility index (Phi) is 10.4. The highest BCUT2D eigenvalue weighted by Gasteiger charge is 2.30. The van der Waals surface area contributed by atoms with Crippen LogP contribution >= 0.6 is 0 Å². The predicted octanol–water partition coefficient (Wildman–Crippen LogP) is 2.72. The first-order valence-corrected chi connectivity index (χ1v) is 12.4. The van der Waals surface area contributed by atoms with Gasteiger partial charge in [-0.2, -0.15) is 18.3 Å². The number of nitrogens with zero attached hydrogens (tertiary/aromatic N) is 6. The number of aryl methyl sites for hydroxylation is 3. The van der Waals surface area contributed by atoms with Crippen LogP contribution in [-0.4, -0.2) is 50.3 Å². The van der Waals surface area contributed by atoms with Gasteiger partial charge >= 0.3 is 6.18 Å². The average Bonchev–Trinajstić information content (AvgIpc) is 3.40. The van der Waals surface area contributed by atoms with Crippen LogP contribution in [0.4, 0.5) is 13.2 Å². The molecule has 1 aromatic carbocycles. The van der Waals surface area contributed by atoms with E-state index in [0.29, 0.717) is 32.5 Å². The Balaban J connectivity index is 1.38. The molecule has 0 radical (unpaired) electrons. The van der Waals surface area contributed by atoms with Gasteiger partial charge in [-0.15, -0.1) is 5.10 Å². The van der Waals surface area contributed by atoms with E-state index in [9.17, 15) is 22.8 Å². The number of carbonyl (C=O) groups is 2. The molecule has 0 unspecified atom stereocenters. The number of hydrogen-bond donors (Lipinski definition) is 3. The Morgan fingerprint density at radius 2 is 1.90 bits per heavy atom. The number of alkyl halides is 3. The first kappa shape index (κ1) is 29.9. The Morgan fingerprint density at radius 1 is 1.10 bits per heavy atom. The van der Waals surface area contributed by atoms with E-state index in [2.05, 4.69) is 36.0 Å². The van der Waals surface area contributed by atoms with Crippen molar-refractivity contribution in [2.24, 2.45) is 15.9 Å². The zero-order chi connectivity index (χ0) is 29.1. The smallest absolute Gasteiger partial charge is 0.347 e. The molecule has 40 heavy (non-hydrogen) atoms. The molecule has 0 aliphatic rings. The first-order valence-electron chi connectivity index (χ1n) is 12.4. The largest absolute Gasteiger partial charge is 0.416 e. The van der Waals surface area contributed by atoms with Gasteiger partial charge in [0.15, 0.2) is 11.4 Å². The van der Waals surface area contributed by atoms with Crippen molar-refractivity contribution in [3.63, 3.8) is 0 Å². The summed E-state index contributed by atoms with van der Waals surface area (Å²) in [6.07, 6.45) is 0.592. The van der Waals surface area contributed by atoms with Gasteiger partial charge in [0, 0.05) is 25.8 Å². The molecule has 2 heterocycles. The van der Waals surface area contributed by atoms with Crippen LogP contribution in [0.5, 0.6) is 0 Å². The van der Waals surface area contributed by atoms with E-state index >= 15 is 0 Å². The number of hydrazone groups is 1. The molecule has 0 atom stereocenters. The van der Waals surface area contributed by atoms with Gasteiger partial charge < -0.3 is 16.5 Å². The minimum atomic E-state index is -4.51. The summed E-state index contributed by atoms with van der Waals surface area (Å²) in [7, 11) is 0. The van der Waals surface area contributed by atoms with Gasteiger partial charge in [0.25, 0.3) is 11.8 Å². The maximum atomic E-state index is 12.8. The van der Waals surface area contributed by atoms with Crippen LogP contribution < -0.4 is 16.5 Å². The van der Waals surface area contributed by atoms with Crippen molar-refractivity contribution in [1.29, 1.82) is 0 Å². The number of halogens is 3. The number of rotatable bonds is 12. The number of hydrogen-bond acceptors (Lipinski definition) is 8. The zero-order valence-electron chi connectivity index (χ0n) is 22.1. The van der Waals surface area contributed by atoms with Crippen LogP contribution in [0.25, 0.3) is 0 Å². The number of benzene rings is 1. The summed E-state index contributed by atoms with van der Waals surface area (Å²) in [4.78, 5) is 32.6. The zero-order valence-corrected chi connectivity index (χ0v) is 22.1. The van der Waals surface area contributed by atoms with E-state index in [1.165, 1.54) is 6.21 Å².